The zero-order valence-corrected chi connectivity index (χ0v) is 12.3. The maximum atomic E-state index is 11.9. The van der Waals surface area contributed by atoms with Crippen molar-refractivity contribution in [3.63, 3.8) is 0 Å². The van der Waals surface area contributed by atoms with Crippen molar-refractivity contribution in [3.05, 3.63) is 64.7 Å². The van der Waals surface area contributed by atoms with Crippen LogP contribution in [0.3, 0.4) is 0 Å². The Morgan fingerprint density at radius 2 is 1.95 bits per heavy atom. The van der Waals surface area contributed by atoms with Crippen molar-refractivity contribution in [1.29, 1.82) is 0 Å². The number of hydrogen-bond donors (Lipinski definition) is 1. The van der Waals surface area contributed by atoms with E-state index in [9.17, 15) is 4.79 Å². The lowest BCUT2D eigenvalue weighted by atomic mass is 10.2. The van der Waals surface area contributed by atoms with Crippen LogP contribution in [0.5, 0.6) is 5.75 Å². The molecule has 0 heterocycles. The highest BCUT2D eigenvalue weighted by Crippen LogP contribution is 2.13. The molecule has 0 saturated heterocycles. The summed E-state index contributed by atoms with van der Waals surface area (Å²) in [7, 11) is 0. The summed E-state index contributed by atoms with van der Waals surface area (Å²) in [5, 5.41) is 4.48. The Kier molecular flexibility index (Phi) is 5.35. The Morgan fingerprint density at radius 3 is 2.62 bits per heavy atom. The molecule has 5 heteroatoms. The van der Waals surface area contributed by atoms with Crippen molar-refractivity contribution in [2.24, 2.45) is 5.10 Å². The molecule has 0 saturated carbocycles. The van der Waals surface area contributed by atoms with E-state index in [4.69, 9.17) is 16.3 Å². The molecule has 21 heavy (non-hydrogen) atoms. The Balaban J connectivity index is 1.97. The van der Waals surface area contributed by atoms with Gasteiger partial charge in [0.15, 0.2) is 0 Å². The zero-order chi connectivity index (χ0) is 15.1. The number of ether oxygens (including phenoxy) is 1. The molecule has 0 aliphatic carbocycles. The SMILES string of the molecule is CCOc1ccc(C(=O)NN=Cc2ccccc2Cl)cc1. The van der Waals surface area contributed by atoms with Crippen LogP contribution in [-0.2, 0) is 0 Å². The molecule has 1 amide bonds. The minimum atomic E-state index is -0.290. The van der Waals surface area contributed by atoms with Gasteiger partial charge in [-0.1, -0.05) is 29.8 Å². The monoisotopic (exact) mass is 302 g/mol. The molecular formula is C16H15ClN2O2. The molecule has 0 fully saturated rings. The van der Waals surface area contributed by atoms with Crippen LogP contribution in [0.1, 0.15) is 22.8 Å². The Hall–Kier alpha value is -2.33. The first-order valence-corrected chi connectivity index (χ1v) is 6.89. The molecule has 0 unspecified atom stereocenters. The molecule has 0 aliphatic rings. The van der Waals surface area contributed by atoms with Crippen molar-refractivity contribution in [1.82, 2.24) is 5.43 Å². The summed E-state index contributed by atoms with van der Waals surface area (Å²) in [4.78, 5) is 11.9. The second-order valence-electron chi connectivity index (χ2n) is 4.18. The number of amides is 1. The standard InChI is InChI=1S/C16H15ClN2O2/c1-2-21-14-9-7-12(8-10-14)16(20)19-18-11-13-5-3-4-6-15(13)17/h3-11H,2H2,1H3,(H,19,20). The summed E-state index contributed by atoms with van der Waals surface area (Å²) in [6.07, 6.45) is 1.51. The van der Waals surface area contributed by atoms with E-state index in [0.717, 1.165) is 11.3 Å². The topological polar surface area (TPSA) is 50.7 Å². The van der Waals surface area contributed by atoms with Gasteiger partial charge in [0.25, 0.3) is 5.91 Å². The lowest BCUT2D eigenvalue weighted by Crippen LogP contribution is -2.17. The van der Waals surface area contributed by atoms with Gasteiger partial charge in [0.2, 0.25) is 0 Å². The molecular weight excluding hydrogens is 288 g/mol. The van der Waals surface area contributed by atoms with Crippen LogP contribution in [0.15, 0.2) is 53.6 Å². The summed E-state index contributed by atoms with van der Waals surface area (Å²) in [5.41, 5.74) is 3.71. The summed E-state index contributed by atoms with van der Waals surface area (Å²) < 4.78 is 5.32. The molecule has 0 atom stereocenters. The van der Waals surface area contributed by atoms with Crippen LogP contribution in [0.25, 0.3) is 0 Å². The molecule has 0 spiro atoms. The maximum Gasteiger partial charge on any atom is 0.271 e. The minimum absolute atomic E-state index is 0.290. The van der Waals surface area contributed by atoms with Crippen LogP contribution in [0.2, 0.25) is 5.02 Å². The summed E-state index contributed by atoms with van der Waals surface area (Å²) in [6, 6.07) is 14.1. The quantitative estimate of drug-likeness (QED) is 0.679. The molecule has 0 aliphatic heterocycles. The van der Waals surface area contributed by atoms with E-state index < -0.39 is 0 Å². The fraction of sp³-hybridized carbons (Fsp3) is 0.125. The van der Waals surface area contributed by atoms with Gasteiger partial charge in [-0.25, -0.2) is 5.43 Å². The highest BCUT2D eigenvalue weighted by molar-refractivity contribution is 6.33. The molecule has 4 nitrogen and oxygen atoms in total. The van der Waals surface area contributed by atoms with Gasteiger partial charge < -0.3 is 4.74 Å². The van der Waals surface area contributed by atoms with Gasteiger partial charge in [-0.3, -0.25) is 4.79 Å². The van der Waals surface area contributed by atoms with Crippen molar-refractivity contribution < 1.29 is 9.53 Å². The first kappa shape index (κ1) is 15.1. The zero-order valence-electron chi connectivity index (χ0n) is 11.5. The van der Waals surface area contributed by atoms with Gasteiger partial charge in [0.1, 0.15) is 5.75 Å². The van der Waals surface area contributed by atoms with Gasteiger partial charge in [0, 0.05) is 16.1 Å². The van der Waals surface area contributed by atoms with E-state index in [2.05, 4.69) is 10.5 Å². The lowest BCUT2D eigenvalue weighted by Gasteiger charge is -2.04. The largest absolute Gasteiger partial charge is 0.494 e. The fourth-order valence-corrected chi connectivity index (χ4v) is 1.86. The normalized spacial score (nSPS) is 10.6. The third-order valence-corrected chi connectivity index (χ3v) is 3.05. The fourth-order valence-electron chi connectivity index (χ4n) is 1.67. The molecule has 2 aromatic carbocycles. The predicted molar refractivity (Wildman–Crippen MR) is 84.1 cm³/mol. The van der Waals surface area contributed by atoms with E-state index >= 15 is 0 Å². The van der Waals surface area contributed by atoms with Crippen molar-refractivity contribution in [2.45, 2.75) is 6.92 Å². The minimum Gasteiger partial charge on any atom is -0.494 e. The second-order valence-corrected chi connectivity index (χ2v) is 4.59. The third kappa shape index (κ3) is 4.33. The lowest BCUT2D eigenvalue weighted by molar-refractivity contribution is 0.0955. The van der Waals surface area contributed by atoms with Crippen LogP contribution in [0, 0.1) is 0 Å². The van der Waals surface area contributed by atoms with Crippen LogP contribution < -0.4 is 10.2 Å². The van der Waals surface area contributed by atoms with Gasteiger partial charge >= 0.3 is 0 Å². The van der Waals surface area contributed by atoms with Crippen molar-refractivity contribution in [3.8, 4) is 5.75 Å². The average molecular weight is 303 g/mol. The molecule has 1 N–H and O–H groups in total. The summed E-state index contributed by atoms with van der Waals surface area (Å²) >= 11 is 5.99. The number of rotatable bonds is 5. The van der Waals surface area contributed by atoms with Gasteiger partial charge in [0.05, 0.1) is 12.8 Å². The molecule has 108 valence electrons. The Bertz CT molecular complexity index is 639. The second kappa shape index (κ2) is 7.45. The Morgan fingerprint density at radius 1 is 1.24 bits per heavy atom. The summed E-state index contributed by atoms with van der Waals surface area (Å²) in [6.45, 7) is 2.50. The maximum absolute atomic E-state index is 11.9. The van der Waals surface area contributed by atoms with Crippen LogP contribution in [-0.4, -0.2) is 18.7 Å². The number of hydrazone groups is 1. The van der Waals surface area contributed by atoms with E-state index in [1.54, 1.807) is 30.3 Å². The molecule has 2 aromatic rings. The molecule has 0 aromatic heterocycles. The number of nitrogens with zero attached hydrogens (tertiary/aromatic N) is 1. The molecule has 2 rings (SSSR count). The van der Waals surface area contributed by atoms with Gasteiger partial charge in [-0.2, -0.15) is 5.10 Å². The number of carbonyl (C=O) groups excluding carboxylic acids is 1. The predicted octanol–water partition coefficient (Wildman–Crippen LogP) is 3.50. The van der Waals surface area contributed by atoms with E-state index in [-0.39, 0.29) is 5.91 Å². The van der Waals surface area contributed by atoms with Crippen molar-refractivity contribution in [2.75, 3.05) is 6.61 Å². The highest BCUT2D eigenvalue weighted by atomic mass is 35.5. The van der Waals surface area contributed by atoms with E-state index in [0.29, 0.717) is 17.2 Å². The summed E-state index contributed by atoms with van der Waals surface area (Å²) in [5.74, 6) is 0.440. The third-order valence-electron chi connectivity index (χ3n) is 2.70. The molecule has 0 radical (unpaired) electrons. The van der Waals surface area contributed by atoms with Crippen LogP contribution >= 0.6 is 11.6 Å². The smallest absolute Gasteiger partial charge is 0.271 e. The number of benzene rings is 2. The van der Waals surface area contributed by atoms with Gasteiger partial charge in [-0.05, 0) is 37.3 Å². The number of halogens is 1. The highest BCUT2D eigenvalue weighted by Gasteiger charge is 2.04. The van der Waals surface area contributed by atoms with Gasteiger partial charge in [-0.15, -0.1) is 0 Å². The number of carbonyl (C=O) groups is 1. The number of hydrogen-bond acceptors (Lipinski definition) is 3. The van der Waals surface area contributed by atoms with Crippen molar-refractivity contribution >= 4 is 23.7 Å². The van der Waals surface area contributed by atoms with E-state index in [1.165, 1.54) is 6.21 Å². The first-order valence-electron chi connectivity index (χ1n) is 6.51. The van der Waals surface area contributed by atoms with Crippen LogP contribution in [0.4, 0.5) is 0 Å². The van der Waals surface area contributed by atoms with E-state index in [1.807, 2.05) is 25.1 Å². The average Bonchev–Trinajstić information content (AvgIpc) is 2.50. The first-order chi connectivity index (χ1) is 10.2. The Labute approximate surface area is 128 Å². The number of nitrogens with one attached hydrogen (secondary N) is 1. The molecule has 0 bridgehead atoms.